The Balaban J connectivity index is 2.08. The SMILES string of the molecule is CCn1ccc(NC(=O)c2ccncc2)n1. The van der Waals surface area contributed by atoms with Gasteiger partial charge in [-0.3, -0.25) is 14.5 Å². The summed E-state index contributed by atoms with van der Waals surface area (Å²) < 4.78 is 1.75. The largest absolute Gasteiger partial charge is 0.305 e. The fourth-order valence-electron chi connectivity index (χ4n) is 1.30. The van der Waals surface area contributed by atoms with Crippen molar-refractivity contribution in [3.05, 3.63) is 42.4 Å². The summed E-state index contributed by atoms with van der Waals surface area (Å²) in [7, 11) is 0. The summed E-state index contributed by atoms with van der Waals surface area (Å²) >= 11 is 0. The first-order valence-electron chi connectivity index (χ1n) is 5.04. The van der Waals surface area contributed by atoms with Crippen LogP contribution >= 0.6 is 0 Å². The standard InChI is InChI=1S/C11H12N4O/c1-2-15-8-5-10(14-15)13-11(16)9-3-6-12-7-4-9/h3-8H,2H2,1H3,(H,13,14,16). The topological polar surface area (TPSA) is 59.8 Å². The van der Waals surface area contributed by atoms with Gasteiger partial charge in [0.15, 0.2) is 5.82 Å². The van der Waals surface area contributed by atoms with E-state index in [0.717, 1.165) is 6.54 Å². The highest BCUT2D eigenvalue weighted by atomic mass is 16.1. The van der Waals surface area contributed by atoms with Gasteiger partial charge in [0.2, 0.25) is 0 Å². The van der Waals surface area contributed by atoms with E-state index >= 15 is 0 Å². The van der Waals surface area contributed by atoms with Crippen LogP contribution in [0.1, 0.15) is 17.3 Å². The number of amides is 1. The molecule has 0 radical (unpaired) electrons. The third-order valence-electron chi connectivity index (χ3n) is 2.15. The van der Waals surface area contributed by atoms with Crippen molar-refractivity contribution < 1.29 is 4.79 Å². The predicted molar refractivity (Wildman–Crippen MR) is 60.1 cm³/mol. The van der Waals surface area contributed by atoms with E-state index in [0.29, 0.717) is 11.4 Å². The van der Waals surface area contributed by atoms with Crippen molar-refractivity contribution in [3.8, 4) is 0 Å². The molecule has 2 aromatic heterocycles. The highest BCUT2D eigenvalue weighted by Crippen LogP contribution is 2.05. The average molecular weight is 216 g/mol. The van der Waals surface area contributed by atoms with Gasteiger partial charge in [0.1, 0.15) is 0 Å². The Bertz CT molecular complexity index is 478. The van der Waals surface area contributed by atoms with E-state index < -0.39 is 0 Å². The second kappa shape index (κ2) is 4.57. The summed E-state index contributed by atoms with van der Waals surface area (Å²) in [6, 6.07) is 5.08. The summed E-state index contributed by atoms with van der Waals surface area (Å²) in [4.78, 5) is 15.6. The number of nitrogens with zero attached hydrogens (tertiary/aromatic N) is 3. The van der Waals surface area contributed by atoms with Crippen LogP contribution in [0, 0.1) is 0 Å². The molecule has 0 saturated heterocycles. The van der Waals surface area contributed by atoms with Crippen LogP contribution in [0.3, 0.4) is 0 Å². The van der Waals surface area contributed by atoms with E-state index in [-0.39, 0.29) is 5.91 Å². The number of hydrogen-bond donors (Lipinski definition) is 1. The second-order valence-electron chi connectivity index (χ2n) is 3.25. The number of rotatable bonds is 3. The number of pyridine rings is 1. The zero-order chi connectivity index (χ0) is 11.4. The van der Waals surface area contributed by atoms with Crippen molar-refractivity contribution in [2.45, 2.75) is 13.5 Å². The molecule has 0 aliphatic carbocycles. The molecule has 0 fully saturated rings. The van der Waals surface area contributed by atoms with E-state index in [1.807, 2.05) is 13.1 Å². The van der Waals surface area contributed by atoms with Gasteiger partial charge in [0.05, 0.1) is 0 Å². The number of hydrogen-bond acceptors (Lipinski definition) is 3. The lowest BCUT2D eigenvalue weighted by Gasteiger charge is -2.00. The van der Waals surface area contributed by atoms with Gasteiger partial charge >= 0.3 is 0 Å². The van der Waals surface area contributed by atoms with Crippen LogP contribution in [-0.2, 0) is 6.54 Å². The molecule has 2 heterocycles. The van der Waals surface area contributed by atoms with Crippen LogP contribution in [0.5, 0.6) is 0 Å². The van der Waals surface area contributed by atoms with Crippen molar-refractivity contribution in [3.63, 3.8) is 0 Å². The van der Waals surface area contributed by atoms with E-state index in [9.17, 15) is 4.79 Å². The van der Waals surface area contributed by atoms with Gasteiger partial charge in [-0.05, 0) is 19.1 Å². The fraction of sp³-hybridized carbons (Fsp3) is 0.182. The summed E-state index contributed by atoms with van der Waals surface area (Å²) in [5.41, 5.74) is 0.570. The quantitative estimate of drug-likeness (QED) is 0.846. The van der Waals surface area contributed by atoms with Gasteiger partial charge < -0.3 is 5.32 Å². The first-order chi connectivity index (χ1) is 7.79. The normalized spacial score (nSPS) is 10.1. The van der Waals surface area contributed by atoms with Crippen LogP contribution in [0.15, 0.2) is 36.8 Å². The van der Waals surface area contributed by atoms with Crippen LogP contribution in [0.4, 0.5) is 5.82 Å². The lowest BCUT2D eigenvalue weighted by molar-refractivity contribution is 0.102. The molecule has 2 aromatic rings. The first-order valence-corrected chi connectivity index (χ1v) is 5.04. The maximum Gasteiger partial charge on any atom is 0.256 e. The van der Waals surface area contributed by atoms with Gasteiger partial charge in [0.25, 0.3) is 5.91 Å². The summed E-state index contributed by atoms with van der Waals surface area (Å²) in [6.07, 6.45) is 4.99. The van der Waals surface area contributed by atoms with Crippen molar-refractivity contribution in [2.24, 2.45) is 0 Å². The predicted octanol–water partition coefficient (Wildman–Crippen LogP) is 1.55. The molecule has 0 aliphatic rings. The van der Waals surface area contributed by atoms with E-state index in [1.165, 1.54) is 0 Å². The Morgan fingerprint density at radius 3 is 2.75 bits per heavy atom. The monoisotopic (exact) mass is 216 g/mol. The maximum atomic E-state index is 11.7. The van der Waals surface area contributed by atoms with Crippen LogP contribution < -0.4 is 5.32 Å². The molecule has 5 nitrogen and oxygen atoms in total. The molecular formula is C11H12N4O. The number of aryl methyl sites for hydroxylation is 1. The molecule has 0 saturated carbocycles. The van der Waals surface area contributed by atoms with E-state index in [1.54, 1.807) is 35.3 Å². The van der Waals surface area contributed by atoms with Crippen molar-refractivity contribution in [1.82, 2.24) is 14.8 Å². The van der Waals surface area contributed by atoms with Crippen LogP contribution in [-0.4, -0.2) is 20.7 Å². The lowest BCUT2D eigenvalue weighted by atomic mass is 10.2. The minimum atomic E-state index is -0.177. The third-order valence-corrected chi connectivity index (χ3v) is 2.15. The van der Waals surface area contributed by atoms with E-state index in [4.69, 9.17) is 0 Å². The molecule has 5 heteroatoms. The second-order valence-corrected chi connectivity index (χ2v) is 3.25. The zero-order valence-electron chi connectivity index (χ0n) is 8.92. The van der Waals surface area contributed by atoms with Crippen molar-refractivity contribution in [1.29, 1.82) is 0 Å². The Labute approximate surface area is 93.1 Å². The van der Waals surface area contributed by atoms with Crippen molar-refractivity contribution in [2.75, 3.05) is 5.32 Å². The van der Waals surface area contributed by atoms with Gasteiger partial charge in [0, 0.05) is 36.8 Å². The number of carbonyl (C=O) groups is 1. The van der Waals surface area contributed by atoms with E-state index in [2.05, 4.69) is 15.4 Å². The Morgan fingerprint density at radius 2 is 2.12 bits per heavy atom. The van der Waals surface area contributed by atoms with Crippen molar-refractivity contribution >= 4 is 11.7 Å². The number of carbonyl (C=O) groups excluding carboxylic acids is 1. The first kappa shape index (κ1) is 10.4. The molecule has 0 aromatic carbocycles. The van der Waals surface area contributed by atoms with Gasteiger partial charge in [-0.1, -0.05) is 0 Å². The molecule has 16 heavy (non-hydrogen) atoms. The third kappa shape index (κ3) is 2.25. The Kier molecular flexibility index (Phi) is 2.95. The summed E-state index contributed by atoms with van der Waals surface area (Å²) in [5.74, 6) is 0.382. The zero-order valence-corrected chi connectivity index (χ0v) is 8.92. The minimum absolute atomic E-state index is 0.177. The molecule has 0 unspecified atom stereocenters. The number of aromatic nitrogens is 3. The maximum absolute atomic E-state index is 11.7. The number of nitrogens with one attached hydrogen (secondary N) is 1. The minimum Gasteiger partial charge on any atom is -0.305 e. The lowest BCUT2D eigenvalue weighted by Crippen LogP contribution is -2.12. The molecule has 0 spiro atoms. The van der Waals surface area contributed by atoms with Gasteiger partial charge in [-0.15, -0.1) is 0 Å². The van der Waals surface area contributed by atoms with Gasteiger partial charge in [-0.2, -0.15) is 5.10 Å². The van der Waals surface area contributed by atoms with Crippen LogP contribution in [0.2, 0.25) is 0 Å². The summed E-state index contributed by atoms with van der Waals surface area (Å²) in [6.45, 7) is 2.77. The summed E-state index contributed by atoms with van der Waals surface area (Å²) in [5, 5.41) is 6.88. The average Bonchev–Trinajstić information content (AvgIpc) is 2.78. The Hall–Kier alpha value is -2.17. The molecular weight excluding hydrogens is 204 g/mol. The molecule has 82 valence electrons. The molecule has 0 atom stereocenters. The molecule has 1 amide bonds. The highest BCUT2D eigenvalue weighted by molar-refractivity contribution is 6.03. The molecule has 2 rings (SSSR count). The Morgan fingerprint density at radius 1 is 1.38 bits per heavy atom. The molecule has 0 bridgehead atoms. The number of anilines is 1. The molecule has 0 aliphatic heterocycles. The highest BCUT2D eigenvalue weighted by Gasteiger charge is 2.06. The van der Waals surface area contributed by atoms with Crippen LogP contribution in [0.25, 0.3) is 0 Å². The molecule has 1 N–H and O–H groups in total. The smallest absolute Gasteiger partial charge is 0.256 e. The fourth-order valence-corrected chi connectivity index (χ4v) is 1.30. The van der Waals surface area contributed by atoms with Gasteiger partial charge in [-0.25, -0.2) is 0 Å².